The second kappa shape index (κ2) is 5.23. The molecule has 0 atom stereocenters. The van der Waals surface area contributed by atoms with Crippen LogP contribution >= 0.6 is 0 Å². The molecule has 0 aliphatic carbocycles. The molecule has 2 rings (SSSR count). The summed E-state index contributed by atoms with van der Waals surface area (Å²) < 4.78 is 11.9. The Morgan fingerprint density at radius 2 is 2.26 bits per heavy atom. The molecule has 0 radical (unpaired) electrons. The molecule has 0 aromatic carbocycles. The van der Waals surface area contributed by atoms with E-state index in [9.17, 15) is 4.79 Å². The first-order valence-electron chi connectivity index (χ1n) is 5.81. The van der Waals surface area contributed by atoms with Crippen molar-refractivity contribution >= 4 is 5.97 Å². The number of aryl methyl sites for hydroxylation is 2. The average Bonchev–Trinajstić information content (AvgIpc) is 2.93. The van der Waals surface area contributed by atoms with Gasteiger partial charge in [-0.3, -0.25) is 4.68 Å². The van der Waals surface area contributed by atoms with Crippen molar-refractivity contribution in [3.8, 4) is 11.5 Å². The molecular formula is C12H15N3O4. The molecule has 0 fully saturated rings. The van der Waals surface area contributed by atoms with Crippen molar-refractivity contribution in [3.05, 3.63) is 23.3 Å². The van der Waals surface area contributed by atoms with Crippen molar-refractivity contribution in [3.63, 3.8) is 0 Å². The highest BCUT2D eigenvalue weighted by atomic mass is 16.5. The van der Waals surface area contributed by atoms with E-state index in [0.29, 0.717) is 12.0 Å². The van der Waals surface area contributed by atoms with Crippen LogP contribution in [-0.2, 0) is 24.8 Å². The summed E-state index contributed by atoms with van der Waals surface area (Å²) in [5, 5.41) is 13.3. The highest BCUT2D eigenvalue weighted by molar-refractivity contribution is 5.86. The summed E-state index contributed by atoms with van der Waals surface area (Å²) in [6, 6.07) is 0. The lowest BCUT2D eigenvalue weighted by Gasteiger charge is -1.92. The SMILES string of the molecule is CCc1nn(C)cc1-c1nc(COC)c(C(=O)O)o1. The number of methoxy groups -OCH3 is 1. The zero-order valence-corrected chi connectivity index (χ0v) is 11.0. The predicted octanol–water partition coefficient (Wildman–Crippen LogP) is 1.48. The van der Waals surface area contributed by atoms with Crippen LogP contribution in [0.25, 0.3) is 11.5 Å². The lowest BCUT2D eigenvalue weighted by atomic mass is 10.2. The lowest BCUT2D eigenvalue weighted by Crippen LogP contribution is -2.00. The Labute approximate surface area is 109 Å². The van der Waals surface area contributed by atoms with Gasteiger partial charge >= 0.3 is 5.97 Å². The Kier molecular flexibility index (Phi) is 3.66. The molecule has 2 aromatic heterocycles. The number of aromatic carboxylic acids is 1. The zero-order valence-electron chi connectivity index (χ0n) is 11.0. The van der Waals surface area contributed by atoms with E-state index in [1.807, 2.05) is 6.92 Å². The molecule has 7 heteroatoms. The number of oxazole rings is 1. The molecule has 19 heavy (non-hydrogen) atoms. The maximum Gasteiger partial charge on any atom is 0.373 e. The molecular weight excluding hydrogens is 250 g/mol. The van der Waals surface area contributed by atoms with Crippen LogP contribution in [-0.4, -0.2) is 33.0 Å². The molecule has 0 aliphatic heterocycles. The van der Waals surface area contributed by atoms with Crippen molar-refractivity contribution in [2.24, 2.45) is 7.05 Å². The second-order valence-corrected chi connectivity index (χ2v) is 4.05. The standard InChI is InChI=1S/C12H15N3O4/c1-4-8-7(5-15(2)14-8)11-13-9(6-18-3)10(19-11)12(16)17/h5H,4,6H2,1-3H3,(H,16,17). The monoisotopic (exact) mass is 265 g/mol. The quantitative estimate of drug-likeness (QED) is 0.880. The first-order valence-corrected chi connectivity index (χ1v) is 5.81. The molecule has 0 aliphatic rings. The fraction of sp³-hybridized carbons (Fsp3) is 0.417. The van der Waals surface area contributed by atoms with Gasteiger partial charge in [0.2, 0.25) is 11.7 Å². The highest BCUT2D eigenvalue weighted by Crippen LogP contribution is 2.25. The van der Waals surface area contributed by atoms with E-state index in [1.165, 1.54) is 7.11 Å². The Hall–Kier alpha value is -2.15. The highest BCUT2D eigenvalue weighted by Gasteiger charge is 2.22. The number of hydrogen-bond donors (Lipinski definition) is 1. The molecule has 0 saturated carbocycles. The van der Waals surface area contributed by atoms with Gasteiger partial charge in [0.25, 0.3) is 0 Å². The lowest BCUT2D eigenvalue weighted by molar-refractivity contribution is 0.0656. The van der Waals surface area contributed by atoms with Gasteiger partial charge in [-0.15, -0.1) is 0 Å². The molecule has 0 saturated heterocycles. The number of aromatic nitrogens is 3. The van der Waals surface area contributed by atoms with Gasteiger partial charge in [-0.25, -0.2) is 9.78 Å². The molecule has 0 spiro atoms. The molecule has 0 bridgehead atoms. The maximum atomic E-state index is 11.1. The molecule has 0 unspecified atom stereocenters. The predicted molar refractivity (Wildman–Crippen MR) is 65.8 cm³/mol. The van der Waals surface area contributed by atoms with Crippen LogP contribution < -0.4 is 0 Å². The third-order valence-electron chi connectivity index (χ3n) is 2.64. The third-order valence-corrected chi connectivity index (χ3v) is 2.64. The minimum Gasteiger partial charge on any atom is -0.475 e. The fourth-order valence-corrected chi connectivity index (χ4v) is 1.84. The van der Waals surface area contributed by atoms with Gasteiger partial charge in [-0.1, -0.05) is 6.92 Å². The Morgan fingerprint density at radius 3 is 2.84 bits per heavy atom. The van der Waals surface area contributed by atoms with Crippen molar-refractivity contribution in [2.45, 2.75) is 20.0 Å². The zero-order chi connectivity index (χ0) is 14.0. The van der Waals surface area contributed by atoms with Gasteiger partial charge < -0.3 is 14.3 Å². The summed E-state index contributed by atoms with van der Waals surface area (Å²) in [6.45, 7) is 2.05. The van der Waals surface area contributed by atoms with E-state index in [0.717, 1.165) is 5.69 Å². The van der Waals surface area contributed by atoms with E-state index in [1.54, 1.807) is 17.9 Å². The fourth-order valence-electron chi connectivity index (χ4n) is 1.84. The number of rotatable bonds is 5. The van der Waals surface area contributed by atoms with Crippen molar-refractivity contribution in [1.29, 1.82) is 0 Å². The first-order chi connectivity index (χ1) is 9.06. The third kappa shape index (κ3) is 2.50. The number of carboxylic acid groups (broad SMARTS) is 1. The molecule has 2 heterocycles. The Morgan fingerprint density at radius 1 is 1.53 bits per heavy atom. The molecule has 7 nitrogen and oxygen atoms in total. The smallest absolute Gasteiger partial charge is 0.373 e. The van der Waals surface area contributed by atoms with E-state index in [-0.39, 0.29) is 24.0 Å². The normalized spacial score (nSPS) is 10.9. The van der Waals surface area contributed by atoms with E-state index < -0.39 is 5.97 Å². The van der Waals surface area contributed by atoms with Crippen molar-refractivity contribution in [1.82, 2.24) is 14.8 Å². The molecule has 102 valence electrons. The van der Waals surface area contributed by atoms with Gasteiger partial charge in [-0.2, -0.15) is 5.10 Å². The van der Waals surface area contributed by atoms with E-state index >= 15 is 0 Å². The van der Waals surface area contributed by atoms with Gasteiger partial charge in [0, 0.05) is 20.4 Å². The minimum absolute atomic E-state index is 0.0901. The summed E-state index contributed by atoms with van der Waals surface area (Å²) in [5.74, 6) is -1.09. The average molecular weight is 265 g/mol. The van der Waals surface area contributed by atoms with Crippen LogP contribution in [0.2, 0.25) is 0 Å². The van der Waals surface area contributed by atoms with Crippen molar-refractivity contribution in [2.75, 3.05) is 7.11 Å². The summed E-state index contributed by atoms with van der Waals surface area (Å²) in [7, 11) is 3.27. The van der Waals surface area contributed by atoms with Crippen LogP contribution in [0.4, 0.5) is 0 Å². The number of ether oxygens (including phenoxy) is 1. The summed E-state index contributed by atoms with van der Waals surface area (Å²) >= 11 is 0. The second-order valence-electron chi connectivity index (χ2n) is 4.05. The van der Waals surface area contributed by atoms with Crippen LogP contribution in [0.3, 0.4) is 0 Å². The van der Waals surface area contributed by atoms with Gasteiger partial charge in [0.1, 0.15) is 5.69 Å². The number of nitrogens with zero attached hydrogens (tertiary/aromatic N) is 3. The minimum atomic E-state index is -1.16. The Balaban J connectivity index is 2.50. The molecule has 0 amide bonds. The van der Waals surface area contributed by atoms with Crippen LogP contribution in [0.1, 0.15) is 28.9 Å². The number of carboxylic acids is 1. The largest absolute Gasteiger partial charge is 0.475 e. The maximum absolute atomic E-state index is 11.1. The summed E-state index contributed by atoms with van der Waals surface area (Å²) in [4.78, 5) is 15.3. The first kappa shape index (κ1) is 13.3. The topological polar surface area (TPSA) is 90.4 Å². The van der Waals surface area contributed by atoms with Gasteiger partial charge in [0.15, 0.2) is 0 Å². The Bertz CT molecular complexity index is 600. The molecule has 1 N–H and O–H groups in total. The van der Waals surface area contributed by atoms with Crippen LogP contribution in [0.5, 0.6) is 0 Å². The van der Waals surface area contributed by atoms with E-state index in [4.69, 9.17) is 14.3 Å². The summed E-state index contributed by atoms with van der Waals surface area (Å²) in [6.07, 6.45) is 2.47. The number of carbonyl (C=O) groups is 1. The van der Waals surface area contributed by atoms with E-state index in [2.05, 4.69) is 10.1 Å². The van der Waals surface area contributed by atoms with Crippen LogP contribution in [0, 0.1) is 0 Å². The van der Waals surface area contributed by atoms with Gasteiger partial charge in [-0.05, 0) is 6.42 Å². The number of hydrogen-bond acceptors (Lipinski definition) is 5. The molecule has 2 aromatic rings. The van der Waals surface area contributed by atoms with Gasteiger partial charge in [0.05, 0.1) is 17.9 Å². The summed E-state index contributed by atoms with van der Waals surface area (Å²) in [5.41, 5.74) is 1.79. The van der Waals surface area contributed by atoms with Crippen molar-refractivity contribution < 1.29 is 19.1 Å². The van der Waals surface area contributed by atoms with Crippen LogP contribution in [0.15, 0.2) is 10.6 Å².